The summed E-state index contributed by atoms with van der Waals surface area (Å²) in [6, 6.07) is -5.40. The number of thiol groups is 2. The summed E-state index contributed by atoms with van der Waals surface area (Å²) in [5.74, 6) is -6.60. The Labute approximate surface area is 182 Å². The topological polar surface area (TPSA) is 231 Å². The molecule has 0 rings (SSSR count). The zero-order valence-electron chi connectivity index (χ0n) is 15.7. The van der Waals surface area contributed by atoms with Crippen molar-refractivity contribution in [3.05, 3.63) is 0 Å². The number of carboxylic acid groups (broad SMARTS) is 2. The number of hydrogen-bond donors (Lipinski definition) is 9. The van der Waals surface area contributed by atoms with Gasteiger partial charge < -0.3 is 37.6 Å². The van der Waals surface area contributed by atoms with Crippen LogP contribution in [-0.4, -0.2) is 81.5 Å². The van der Waals surface area contributed by atoms with Crippen LogP contribution in [0, 0.1) is 0 Å². The molecule has 0 saturated heterocycles. The largest absolute Gasteiger partial charge is 0.481 e. The fraction of sp³-hybridized carbons (Fsp3) is 0.600. The molecule has 0 spiro atoms. The minimum absolute atomic E-state index is 0.226. The maximum atomic E-state index is 12.4. The molecular formula is C15H25N5O8S2. The van der Waals surface area contributed by atoms with E-state index in [-0.39, 0.29) is 24.3 Å². The Bertz CT molecular complexity index is 677. The average molecular weight is 468 g/mol. The fourth-order valence-electron chi connectivity index (χ4n) is 2.04. The van der Waals surface area contributed by atoms with E-state index >= 15 is 0 Å². The lowest BCUT2D eigenvalue weighted by atomic mass is 10.1. The smallest absolute Gasteiger partial charge is 0.327 e. The number of carbonyl (C=O) groups is 6. The number of primary amides is 1. The van der Waals surface area contributed by atoms with E-state index in [4.69, 9.17) is 21.7 Å². The van der Waals surface area contributed by atoms with Crippen LogP contribution in [0.4, 0.5) is 0 Å². The van der Waals surface area contributed by atoms with Crippen LogP contribution in [-0.2, 0) is 28.8 Å². The van der Waals surface area contributed by atoms with E-state index in [0.717, 1.165) is 0 Å². The number of carboxylic acids is 2. The maximum absolute atomic E-state index is 12.4. The normalized spacial score (nSPS) is 14.5. The van der Waals surface area contributed by atoms with Gasteiger partial charge in [0.15, 0.2) is 0 Å². The first kappa shape index (κ1) is 27.5. The summed E-state index contributed by atoms with van der Waals surface area (Å²) in [6.45, 7) is 0. The molecule has 30 heavy (non-hydrogen) atoms. The zero-order valence-corrected chi connectivity index (χ0v) is 17.5. The van der Waals surface area contributed by atoms with Crippen molar-refractivity contribution in [2.75, 3.05) is 11.5 Å². The summed E-state index contributed by atoms with van der Waals surface area (Å²) in [5, 5.41) is 24.3. The predicted octanol–water partition coefficient (Wildman–Crippen LogP) is -3.55. The number of nitrogens with two attached hydrogens (primary N) is 2. The lowest BCUT2D eigenvalue weighted by molar-refractivity contribution is -0.141. The number of hydrogen-bond acceptors (Lipinski definition) is 9. The highest BCUT2D eigenvalue weighted by molar-refractivity contribution is 7.80. The number of carbonyl (C=O) groups excluding carboxylic acids is 4. The quantitative estimate of drug-likeness (QED) is 0.115. The van der Waals surface area contributed by atoms with Gasteiger partial charge in [0, 0.05) is 17.9 Å². The van der Waals surface area contributed by atoms with Gasteiger partial charge >= 0.3 is 11.9 Å². The molecule has 0 bridgehead atoms. The van der Waals surface area contributed by atoms with E-state index in [1.165, 1.54) is 0 Å². The SMILES string of the molecule is NC(=O)CCC(NC(=O)C(CS)NC(=O)C(N)CC(=O)O)C(=O)NC(CS)C(=O)O. The van der Waals surface area contributed by atoms with Gasteiger partial charge in [-0.15, -0.1) is 0 Å². The second kappa shape index (κ2) is 13.7. The van der Waals surface area contributed by atoms with E-state index in [1.807, 2.05) is 0 Å². The second-order valence-electron chi connectivity index (χ2n) is 6.10. The number of aliphatic carboxylic acids is 2. The first-order valence-corrected chi connectivity index (χ1v) is 9.80. The molecule has 4 amide bonds. The van der Waals surface area contributed by atoms with E-state index in [2.05, 4.69) is 41.2 Å². The van der Waals surface area contributed by atoms with Gasteiger partial charge in [-0.2, -0.15) is 25.3 Å². The monoisotopic (exact) mass is 467 g/mol. The molecule has 0 saturated carbocycles. The van der Waals surface area contributed by atoms with Gasteiger partial charge in [-0.1, -0.05) is 0 Å². The summed E-state index contributed by atoms with van der Waals surface area (Å²) >= 11 is 7.74. The van der Waals surface area contributed by atoms with Crippen LogP contribution >= 0.6 is 25.3 Å². The summed E-state index contributed by atoms with van der Waals surface area (Å²) in [4.78, 5) is 69.4. The Hall–Kier alpha value is -2.52. The lowest BCUT2D eigenvalue weighted by Crippen LogP contribution is -2.58. The van der Waals surface area contributed by atoms with E-state index < -0.39 is 66.2 Å². The lowest BCUT2D eigenvalue weighted by Gasteiger charge is -2.24. The van der Waals surface area contributed by atoms with E-state index in [1.54, 1.807) is 0 Å². The van der Waals surface area contributed by atoms with Crippen molar-refractivity contribution in [3.63, 3.8) is 0 Å². The molecule has 15 heteroatoms. The van der Waals surface area contributed by atoms with Crippen molar-refractivity contribution in [2.45, 2.75) is 43.4 Å². The molecule has 0 aliphatic carbocycles. The molecule has 0 radical (unpaired) electrons. The van der Waals surface area contributed by atoms with Crippen LogP contribution in [0.25, 0.3) is 0 Å². The molecule has 0 fully saturated rings. The molecule has 13 nitrogen and oxygen atoms in total. The Morgan fingerprint density at radius 1 is 0.800 bits per heavy atom. The van der Waals surface area contributed by atoms with Gasteiger partial charge in [-0.05, 0) is 6.42 Å². The Balaban J connectivity index is 5.23. The first-order valence-electron chi connectivity index (χ1n) is 8.54. The summed E-state index contributed by atoms with van der Waals surface area (Å²) < 4.78 is 0. The minimum Gasteiger partial charge on any atom is -0.481 e. The van der Waals surface area contributed by atoms with Gasteiger partial charge in [-0.3, -0.25) is 24.0 Å². The molecule has 0 aromatic rings. The molecule has 0 aromatic carbocycles. The first-order chi connectivity index (χ1) is 13.9. The van der Waals surface area contributed by atoms with E-state index in [0.29, 0.717) is 0 Å². The molecule has 0 aromatic heterocycles. The van der Waals surface area contributed by atoms with Crippen LogP contribution in [0.1, 0.15) is 19.3 Å². The van der Waals surface area contributed by atoms with Crippen LogP contribution in [0.2, 0.25) is 0 Å². The predicted molar refractivity (Wildman–Crippen MR) is 110 cm³/mol. The highest BCUT2D eigenvalue weighted by atomic mass is 32.1. The minimum atomic E-state index is -1.42. The van der Waals surface area contributed by atoms with Crippen LogP contribution in [0.3, 0.4) is 0 Å². The second-order valence-corrected chi connectivity index (χ2v) is 6.83. The highest BCUT2D eigenvalue weighted by Gasteiger charge is 2.30. The Morgan fingerprint density at radius 2 is 1.27 bits per heavy atom. The summed E-state index contributed by atoms with van der Waals surface area (Å²) in [7, 11) is 0. The molecule has 170 valence electrons. The third kappa shape index (κ3) is 10.3. The van der Waals surface area contributed by atoms with Crippen LogP contribution in [0.15, 0.2) is 0 Å². The summed E-state index contributed by atoms with van der Waals surface area (Å²) in [6.07, 6.45) is -1.20. The van der Waals surface area contributed by atoms with Gasteiger partial charge in [0.25, 0.3) is 0 Å². The molecule has 0 heterocycles. The Morgan fingerprint density at radius 3 is 1.70 bits per heavy atom. The van der Waals surface area contributed by atoms with Crippen LogP contribution < -0.4 is 27.4 Å². The average Bonchev–Trinajstić information content (AvgIpc) is 2.65. The van der Waals surface area contributed by atoms with Crippen molar-refractivity contribution in [1.82, 2.24) is 16.0 Å². The maximum Gasteiger partial charge on any atom is 0.327 e. The van der Waals surface area contributed by atoms with Crippen LogP contribution in [0.5, 0.6) is 0 Å². The number of nitrogens with one attached hydrogen (secondary N) is 3. The summed E-state index contributed by atoms with van der Waals surface area (Å²) in [5.41, 5.74) is 10.5. The van der Waals surface area contributed by atoms with Crippen molar-refractivity contribution in [2.24, 2.45) is 11.5 Å². The van der Waals surface area contributed by atoms with E-state index in [9.17, 15) is 28.8 Å². The molecule has 4 unspecified atom stereocenters. The number of amides is 4. The van der Waals surface area contributed by atoms with Gasteiger partial charge in [0.05, 0.1) is 12.5 Å². The Kier molecular flexibility index (Phi) is 12.5. The third-order valence-electron chi connectivity index (χ3n) is 3.66. The molecular weight excluding hydrogens is 442 g/mol. The third-order valence-corrected chi connectivity index (χ3v) is 4.39. The number of rotatable bonds is 14. The molecule has 0 aliphatic rings. The molecule has 9 N–H and O–H groups in total. The fourth-order valence-corrected chi connectivity index (χ4v) is 2.54. The highest BCUT2D eigenvalue weighted by Crippen LogP contribution is 2.02. The van der Waals surface area contributed by atoms with Gasteiger partial charge in [-0.25, -0.2) is 4.79 Å². The van der Waals surface area contributed by atoms with Crippen molar-refractivity contribution >= 4 is 60.8 Å². The standard InChI is InChI=1S/C15H25N5O8S2/c16-6(3-11(22)23)12(24)19-8(4-29)14(26)18-7(1-2-10(17)21)13(25)20-9(5-30)15(27)28/h6-9,29-30H,1-5,16H2,(H2,17,21)(H,18,26)(H,19,24)(H,20,25)(H,22,23)(H,27,28). The van der Waals surface area contributed by atoms with Crippen molar-refractivity contribution in [1.29, 1.82) is 0 Å². The van der Waals surface area contributed by atoms with Gasteiger partial charge in [0.1, 0.15) is 18.1 Å². The van der Waals surface area contributed by atoms with Crippen molar-refractivity contribution < 1.29 is 39.0 Å². The van der Waals surface area contributed by atoms with Crippen molar-refractivity contribution in [3.8, 4) is 0 Å². The van der Waals surface area contributed by atoms with Gasteiger partial charge in [0.2, 0.25) is 23.6 Å². The molecule has 4 atom stereocenters. The molecule has 0 aliphatic heterocycles. The zero-order chi connectivity index (χ0) is 23.4.